The number of para-hydroxylation sites is 1. The minimum absolute atomic E-state index is 0.170. The maximum absolute atomic E-state index is 12.7. The van der Waals surface area contributed by atoms with Gasteiger partial charge >= 0.3 is 0 Å². The monoisotopic (exact) mass is 419 g/mol. The lowest BCUT2D eigenvalue weighted by Crippen LogP contribution is -2.25. The van der Waals surface area contributed by atoms with Crippen LogP contribution in [0.4, 0.5) is 17.2 Å². The quantitative estimate of drug-likeness (QED) is 0.437. The molecule has 0 unspecified atom stereocenters. The number of aromatic nitrogens is 4. The third-order valence-corrected chi connectivity index (χ3v) is 5.05. The third kappa shape index (κ3) is 3.63. The van der Waals surface area contributed by atoms with Gasteiger partial charge in [-0.25, -0.2) is 14.5 Å². The average molecular weight is 419 g/mol. The van der Waals surface area contributed by atoms with Crippen molar-refractivity contribution in [3.8, 4) is 5.75 Å². The lowest BCUT2D eigenvalue weighted by molar-refractivity contribution is 0.0940. The molecule has 1 aliphatic heterocycles. The summed E-state index contributed by atoms with van der Waals surface area (Å²) >= 11 is 0. The second-order valence-corrected chi connectivity index (χ2v) is 7.05. The Bertz CT molecular complexity index is 1230. The van der Waals surface area contributed by atoms with Gasteiger partial charge in [-0.1, -0.05) is 12.1 Å². The summed E-state index contributed by atoms with van der Waals surface area (Å²) < 4.78 is 12.6. The van der Waals surface area contributed by atoms with Crippen LogP contribution in [-0.4, -0.2) is 39.1 Å². The van der Waals surface area contributed by atoms with Crippen LogP contribution < -0.4 is 20.7 Å². The van der Waals surface area contributed by atoms with Crippen LogP contribution in [0.3, 0.4) is 0 Å². The SMILES string of the molecule is CNc1cc(Nc2cccc3c2OCCC3)nn2c(C(=O)NCc3ncco3)cnc12. The molecule has 10 nitrogen and oxygen atoms in total. The number of fused-ring (bicyclic) bond motifs is 2. The highest BCUT2D eigenvalue weighted by molar-refractivity contribution is 5.93. The minimum atomic E-state index is -0.335. The van der Waals surface area contributed by atoms with Gasteiger partial charge in [-0.15, -0.1) is 5.10 Å². The molecule has 10 heteroatoms. The summed E-state index contributed by atoms with van der Waals surface area (Å²) in [7, 11) is 1.80. The lowest BCUT2D eigenvalue weighted by atomic mass is 10.1. The zero-order valence-electron chi connectivity index (χ0n) is 16.9. The minimum Gasteiger partial charge on any atom is -0.491 e. The summed E-state index contributed by atoms with van der Waals surface area (Å²) in [6, 6.07) is 7.86. The number of ether oxygens (including phenoxy) is 1. The van der Waals surface area contributed by atoms with Gasteiger partial charge in [0.25, 0.3) is 5.91 Å². The van der Waals surface area contributed by atoms with Crippen LogP contribution in [0.15, 0.2) is 47.3 Å². The molecule has 3 N–H and O–H groups in total. The smallest absolute Gasteiger partial charge is 0.272 e. The molecule has 5 rings (SSSR count). The average Bonchev–Trinajstić information content (AvgIpc) is 3.47. The number of benzene rings is 1. The van der Waals surface area contributed by atoms with E-state index in [-0.39, 0.29) is 12.5 Å². The van der Waals surface area contributed by atoms with Gasteiger partial charge in [0.2, 0.25) is 5.89 Å². The molecule has 1 aliphatic rings. The van der Waals surface area contributed by atoms with Gasteiger partial charge < -0.3 is 25.1 Å². The predicted octanol–water partition coefficient (Wildman–Crippen LogP) is 2.76. The highest BCUT2D eigenvalue weighted by Gasteiger charge is 2.19. The number of hydrogen-bond acceptors (Lipinski definition) is 8. The Balaban J connectivity index is 1.47. The summed E-state index contributed by atoms with van der Waals surface area (Å²) in [6.07, 6.45) is 6.47. The van der Waals surface area contributed by atoms with Crippen molar-refractivity contribution in [2.75, 3.05) is 24.3 Å². The molecule has 31 heavy (non-hydrogen) atoms. The van der Waals surface area contributed by atoms with Crippen LogP contribution in [0.2, 0.25) is 0 Å². The molecular weight excluding hydrogens is 398 g/mol. The first-order chi connectivity index (χ1) is 15.2. The fraction of sp³-hybridized carbons (Fsp3) is 0.238. The summed E-state index contributed by atoms with van der Waals surface area (Å²) in [4.78, 5) is 21.1. The van der Waals surface area contributed by atoms with Crippen molar-refractivity contribution in [3.05, 3.63) is 60.1 Å². The van der Waals surface area contributed by atoms with Crippen LogP contribution in [0.1, 0.15) is 28.4 Å². The maximum atomic E-state index is 12.7. The van der Waals surface area contributed by atoms with E-state index in [1.165, 1.54) is 28.7 Å². The molecule has 158 valence electrons. The zero-order chi connectivity index (χ0) is 21.2. The van der Waals surface area contributed by atoms with Gasteiger partial charge in [-0.05, 0) is 24.5 Å². The topological polar surface area (TPSA) is 119 Å². The van der Waals surface area contributed by atoms with Crippen molar-refractivity contribution in [1.82, 2.24) is 24.9 Å². The van der Waals surface area contributed by atoms with Gasteiger partial charge in [0.1, 0.15) is 12.0 Å². The number of nitrogens with zero attached hydrogens (tertiary/aromatic N) is 4. The van der Waals surface area contributed by atoms with Gasteiger partial charge in [0.15, 0.2) is 17.2 Å². The number of amides is 1. The number of anilines is 3. The molecule has 0 saturated carbocycles. The number of oxazole rings is 1. The fourth-order valence-corrected chi connectivity index (χ4v) is 3.58. The van der Waals surface area contributed by atoms with Crippen molar-refractivity contribution in [3.63, 3.8) is 0 Å². The molecule has 0 aliphatic carbocycles. The van der Waals surface area contributed by atoms with Crippen molar-refractivity contribution in [1.29, 1.82) is 0 Å². The molecule has 0 fully saturated rings. The second-order valence-electron chi connectivity index (χ2n) is 7.05. The number of carbonyl (C=O) groups is 1. The standard InChI is InChI=1S/C21H21N7O3/c1-22-15-10-17(26-14-6-2-4-13-5-3-8-31-19(13)14)27-28-16(11-24-20(15)28)21(29)25-12-18-23-7-9-30-18/h2,4,6-7,9-11,22H,3,5,8,12H2,1H3,(H,25,29)(H,26,27). The molecule has 0 radical (unpaired) electrons. The largest absolute Gasteiger partial charge is 0.491 e. The first kappa shape index (κ1) is 18.9. The number of rotatable bonds is 6. The van der Waals surface area contributed by atoms with Crippen LogP contribution in [0, 0.1) is 0 Å². The van der Waals surface area contributed by atoms with Gasteiger partial charge in [0, 0.05) is 13.1 Å². The molecule has 0 bridgehead atoms. The predicted molar refractivity (Wildman–Crippen MR) is 114 cm³/mol. The lowest BCUT2D eigenvalue weighted by Gasteiger charge is -2.21. The van der Waals surface area contributed by atoms with E-state index in [1.54, 1.807) is 7.05 Å². The molecular formula is C21H21N7O3. The molecule has 1 amide bonds. The van der Waals surface area contributed by atoms with Gasteiger partial charge in [-0.2, -0.15) is 0 Å². The summed E-state index contributed by atoms with van der Waals surface area (Å²) in [5.41, 5.74) is 3.57. The van der Waals surface area contributed by atoms with E-state index in [1.807, 2.05) is 18.2 Å². The molecule has 0 saturated heterocycles. The van der Waals surface area contributed by atoms with Crippen LogP contribution >= 0.6 is 0 Å². The van der Waals surface area contributed by atoms with E-state index in [2.05, 4.69) is 37.1 Å². The normalized spacial score (nSPS) is 12.8. The Hall–Kier alpha value is -4.08. The number of nitrogens with one attached hydrogen (secondary N) is 3. The summed E-state index contributed by atoms with van der Waals surface area (Å²) in [6.45, 7) is 0.861. The maximum Gasteiger partial charge on any atom is 0.272 e. The fourth-order valence-electron chi connectivity index (χ4n) is 3.58. The Morgan fingerprint density at radius 2 is 2.19 bits per heavy atom. The molecule has 3 aromatic heterocycles. The van der Waals surface area contributed by atoms with Gasteiger partial charge in [0.05, 0.1) is 36.9 Å². The van der Waals surface area contributed by atoms with Crippen molar-refractivity contribution >= 4 is 28.7 Å². The Morgan fingerprint density at radius 3 is 3.03 bits per heavy atom. The van der Waals surface area contributed by atoms with Crippen molar-refractivity contribution < 1.29 is 13.9 Å². The molecule has 4 heterocycles. The van der Waals surface area contributed by atoms with Gasteiger partial charge in [-0.3, -0.25) is 4.79 Å². The Kier molecular flexibility index (Phi) is 4.87. The van der Waals surface area contributed by atoms with E-state index in [0.29, 0.717) is 29.7 Å². The van der Waals surface area contributed by atoms with E-state index in [0.717, 1.165) is 30.0 Å². The first-order valence-corrected chi connectivity index (χ1v) is 9.98. The van der Waals surface area contributed by atoms with E-state index in [4.69, 9.17) is 9.15 Å². The summed E-state index contributed by atoms with van der Waals surface area (Å²) in [5, 5.41) is 13.8. The van der Waals surface area contributed by atoms with Crippen LogP contribution in [0.5, 0.6) is 5.75 Å². The second kappa shape index (κ2) is 7.98. The Morgan fingerprint density at radius 1 is 1.26 bits per heavy atom. The molecule has 0 spiro atoms. The highest BCUT2D eigenvalue weighted by Crippen LogP contribution is 2.35. The highest BCUT2D eigenvalue weighted by atomic mass is 16.5. The molecule has 4 aromatic rings. The van der Waals surface area contributed by atoms with Crippen LogP contribution in [-0.2, 0) is 13.0 Å². The van der Waals surface area contributed by atoms with Crippen molar-refractivity contribution in [2.45, 2.75) is 19.4 Å². The Labute approximate surface area is 177 Å². The molecule has 0 atom stereocenters. The summed E-state index contributed by atoms with van der Waals surface area (Å²) in [5.74, 6) is 1.48. The van der Waals surface area contributed by atoms with Crippen LogP contribution in [0.25, 0.3) is 5.65 Å². The number of hydrogen-bond donors (Lipinski definition) is 3. The number of carbonyl (C=O) groups excluding carboxylic acids is 1. The number of imidazole rings is 1. The zero-order valence-corrected chi connectivity index (χ0v) is 16.9. The van der Waals surface area contributed by atoms with E-state index >= 15 is 0 Å². The third-order valence-electron chi connectivity index (χ3n) is 5.05. The molecule has 1 aromatic carbocycles. The van der Waals surface area contributed by atoms with E-state index in [9.17, 15) is 4.79 Å². The first-order valence-electron chi connectivity index (χ1n) is 9.98. The van der Waals surface area contributed by atoms with Crippen molar-refractivity contribution in [2.24, 2.45) is 0 Å². The number of aryl methyl sites for hydroxylation is 1. The van der Waals surface area contributed by atoms with E-state index < -0.39 is 0 Å².